The molecule has 0 fully saturated rings. The molecule has 1 aromatic carbocycles. The number of anilines is 1. The number of nitrogen functional groups attached to an aromatic ring is 1. The average Bonchev–Trinajstić information content (AvgIpc) is 2.47. The van der Waals surface area contributed by atoms with Crippen LogP contribution < -0.4 is 11.3 Å². The molecule has 8 nitrogen and oxygen atoms in total. The molecule has 3 N–H and O–H groups in total. The van der Waals surface area contributed by atoms with E-state index in [1.165, 1.54) is 16.4 Å². The number of nitrogens with zero attached hydrogens (tertiary/aromatic N) is 2. The maximum Gasteiger partial charge on any atom is 0.270 e. The second-order valence-electron chi connectivity index (χ2n) is 4.43. The molecule has 0 radical (unpaired) electrons. The van der Waals surface area contributed by atoms with Crippen LogP contribution in [0.5, 0.6) is 0 Å². The highest BCUT2D eigenvalue weighted by atomic mass is 32.2. The summed E-state index contributed by atoms with van der Waals surface area (Å²) in [5.74, 6) is 5.31. The topological polar surface area (TPSA) is 119 Å². The predicted octanol–water partition coefficient (Wildman–Crippen LogP) is 1.69. The van der Waals surface area contributed by atoms with Crippen LogP contribution in [-0.4, -0.2) is 30.7 Å². The summed E-state index contributed by atoms with van der Waals surface area (Å²) in [6, 6.07) is 3.52. The molecule has 0 unspecified atom stereocenters. The fraction of sp³-hybridized carbons (Fsp3) is 0.500. The van der Waals surface area contributed by atoms with E-state index in [0.717, 1.165) is 12.5 Å². The van der Waals surface area contributed by atoms with Gasteiger partial charge in [-0.25, -0.2) is 8.42 Å². The first-order chi connectivity index (χ1) is 9.88. The number of nitro groups is 1. The van der Waals surface area contributed by atoms with Gasteiger partial charge in [0.05, 0.1) is 10.6 Å². The summed E-state index contributed by atoms with van der Waals surface area (Å²) < 4.78 is 26.6. The van der Waals surface area contributed by atoms with E-state index in [0.29, 0.717) is 13.0 Å². The second kappa shape index (κ2) is 7.34. The third kappa shape index (κ3) is 3.90. The lowest BCUT2D eigenvalue weighted by Gasteiger charge is -2.21. The average molecular weight is 316 g/mol. The van der Waals surface area contributed by atoms with Gasteiger partial charge < -0.3 is 5.43 Å². The Morgan fingerprint density at radius 3 is 2.52 bits per heavy atom. The lowest BCUT2D eigenvalue weighted by Crippen LogP contribution is -2.32. The van der Waals surface area contributed by atoms with Gasteiger partial charge in [0.25, 0.3) is 5.69 Å². The third-order valence-corrected chi connectivity index (χ3v) is 5.08. The van der Waals surface area contributed by atoms with Crippen molar-refractivity contribution in [1.29, 1.82) is 0 Å². The number of unbranched alkanes of at least 4 members (excludes halogenated alkanes) is 1. The van der Waals surface area contributed by atoms with Crippen molar-refractivity contribution in [2.75, 3.05) is 18.5 Å². The molecular weight excluding hydrogens is 296 g/mol. The van der Waals surface area contributed by atoms with Crippen molar-refractivity contribution in [3.8, 4) is 0 Å². The Balaban J connectivity index is 3.33. The minimum atomic E-state index is -3.84. The van der Waals surface area contributed by atoms with E-state index in [4.69, 9.17) is 5.84 Å². The molecule has 1 rings (SSSR count). The molecule has 0 heterocycles. The Morgan fingerprint density at radius 2 is 2.05 bits per heavy atom. The van der Waals surface area contributed by atoms with Crippen LogP contribution in [0, 0.1) is 10.1 Å². The standard InChI is InChI=1S/C12H20N4O4S/c1-3-5-8-15(4-2)21(19,20)12-9-10(16(17)18)6-7-11(12)14-13/h6-7,9,14H,3-5,8,13H2,1-2H3. The van der Waals surface area contributed by atoms with Crippen LogP contribution >= 0.6 is 0 Å². The third-order valence-electron chi connectivity index (χ3n) is 3.06. The summed E-state index contributed by atoms with van der Waals surface area (Å²) in [7, 11) is -3.84. The molecule has 0 aliphatic rings. The van der Waals surface area contributed by atoms with Gasteiger partial charge in [0.2, 0.25) is 10.0 Å². The van der Waals surface area contributed by atoms with E-state index < -0.39 is 14.9 Å². The lowest BCUT2D eigenvalue weighted by atomic mass is 10.3. The monoisotopic (exact) mass is 316 g/mol. The molecule has 0 aliphatic heterocycles. The number of hydrogen-bond donors (Lipinski definition) is 2. The van der Waals surface area contributed by atoms with Crippen LogP contribution in [0.1, 0.15) is 26.7 Å². The zero-order valence-corrected chi connectivity index (χ0v) is 12.9. The Hall–Kier alpha value is -1.71. The summed E-state index contributed by atoms with van der Waals surface area (Å²) in [6.07, 6.45) is 1.57. The van der Waals surface area contributed by atoms with Crippen molar-refractivity contribution >= 4 is 21.4 Å². The summed E-state index contributed by atoms with van der Waals surface area (Å²) in [5.41, 5.74) is 2.12. The number of non-ortho nitro benzene ring substituents is 1. The highest BCUT2D eigenvalue weighted by Crippen LogP contribution is 2.28. The molecule has 0 aliphatic carbocycles. The van der Waals surface area contributed by atoms with Crippen molar-refractivity contribution in [2.24, 2.45) is 5.84 Å². The first-order valence-electron chi connectivity index (χ1n) is 6.63. The van der Waals surface area contributed by atoms with Crippen LogP contribution in [-0.2, 0) is 10.0 Å². The molecule has 9 heteroatoms. The fourth-order valence-electron chi connectivity index (χ4n) is 1.88. The molecule has 0 bridgehead atoms. The van der Waals surface area contributed by atoms with Crippen LogP contribution in [0.15, 0.2) is 23.1 Å². The zero-order valence-electron chi connectivity index (χ0n) is 12.1. The quantitative estimate of drug-likeness (QED) is 0.428. The van der Waals surface area contributed by atoms with Crippen molar-refractivity contribution in [1.82, 2.24) is 4.31 Å². The normalized spacial score (nSPS) is 11.6. The maximum atomic E-state index is 12.6. The summed E-state index contributed by atoms with van der Waals surface area (Å²) in [4.78, 5) is 10.0. The van der Waals surface area contributed by atoms with E-state index in [9.17, 15) is 18.5 Å². The van der Waals surface area contributed by atoms with Gasteiger partial charge >= 0.3 is 0 Å². The second-order valence-corrected chi connectivity index (χ2v) is 6.34. The first kappa shape index (κ1) is 17.3. The Labute approximate surface area is 124 Å². The largest absolute Gasteiger partial charge is 0.323 e. The van der Waals surface area contributed by atoms with Gasteiger partial charge in [-0.1, -0.05) is 20.3 Å². The predicted molar refractivity (Wildman–Crippen MR) is 80.2 cm³/mol. The van der Waals surface area contributed by atoms with Crippen LogP contribution in [0.2, 0.25) is 0 Å². The minimum absolute atomic E-state index is 0.135. The minimum Gasteiger partial charge on any atom is -0.323 e. The number of hydrazine groups is 1. The first-order valence-corrected chi connectivity index (χ1v) is 8.07. The molecule has 0 spiro atoms. The SMILES string of the molecule is CCCCN(CC)S(=O)(=O)c1cc([N+](=O)[O-])ccc1NN. The number of nitro benzene ring substituents is 1. The van der Waals surface area contributed by atoms with Gasteiger partial charge in [-0.05, 0) is 12.5 Å². The van der Waals surface area contributed by atoms with Crippen molar-refractivity contribution in [3.05, 3.63) is 28.3 Å². The fourth-order valence-corrected chi connectivity index (χ4v) is 3.54. The Kier molecular flexibility index (Phi) is 6.06. The van der Waals surface area contributed by atoms with E-state index in [1.54, 1.807) is 6.92 Å². The van der Waals surface area contributed by atoms with Gasteiger partial charge in [0, 0.05) is 25.2 Å². The Morgan fingerprint density at radius 1 is 1.38 bits per heavy atom. The number of nitrogens with two attached hydrogens (primary N) is 1. The highest BCUT2D eigenvalue weighted by molar-refractivity contribution is 7.89. The molecule has 0 amide bonds. The number of hydrogen-bond acceptors (Lipinski definition) is 6. The molecule has 21 heavy (non-hydrogen) atoms. The molecule has 1 aromatic rings. The number of rotatable bonds is 8. The number of sulfonamides is 1. The van der Waals surface area contributed by atoms with Crippen molar-refractivity contribution in [3.63, 3.8) is 0 Å². The molecule has 0 saturated carbocycles. The van der Waals surface area contributed by atoms with E-state index in [-0.39, 0.29) is 22.8 Å². The highest BCUT2D eigenvalue weighted by Gasteiger charge is 2.27. The maximum absolute atomic E-state index is 12.6. The van der Waals surface area contributed by atoms with Crippen LogP contribution in [0.4, 0.5) is 11.4 Å². The van der Waals surface area contributed by atoms with Gasteiger partial charge in [-0.3, -0.25) is 16.0 Å². The smallest absolute Gasteiger partial charge is 0.270 e. The van der Waals surface area contributed by atoms with Gasteiger partial charge in [0.15, 0.2) is 0 Å². The van der Waals surface area contributed by atoms with Crippen LogP contribution in [0.25, 0.3) is 0 Å². The summed E-state index contributed by atoms with van der Waals surface area (Å²) in [5, 5.41) is 10.8. The number of nitrogens with one attached hydrogen (secondary N) is 1. The number of benzene rings is 1. The van der Waals surface area contributed by atoms with E-state index in [2.05, 4.69) is 5.43 Å². The van der Waals surface area contributed by atoms with Gasteiger partial charge in [0.1, 0.15) is 4.90 Å². The summed E-state index contributed by atoms with van der Waals surface area (Å²) in [6.45, 7) is 4.33. The van der Waals surface area contributed by atoms with Crippen LogP contribution in [0.3, 0.4) is 0 Å². The van der Waals surface area contributed by atoms with Crippen molar-refractivity contribution < 1.29 is 13.3 Å². The molecule has 0 atom stereocenters. The van der Waals surface area contributed by atoms with Gasteiger partial charge in [-0.15, -0.1) is 0 Å². The molecule has 118 valence electrons. The summed E-state index contributed by atoms with van der Waals surface area (Å²) >= 11 is 0. The van der Waals surface area contributed by atoms with Gasteiger partial charge in [-0.2, -0.15) is 4.31 Å². The van der Waals surface area contributed by atoms with Crippen molar-refractivity contribution in [2.45, 2.75) is 31.6 Å². The molecule has 0 saturated heterocycles. The zero-order chi connectivity index (χ0) is 16.0. The van der Waals surface area contributed by atoms with E-state index in [1.807, 2.05) is 6.92 Å². The Bertz CT molecular complexity index is 603. The molecule has 0 aromatic heterocycles. The lowest BCUT2D eigenvalue weighted by molar-refractivity contribution is -0.385. The molecular formula is C12H20N4O4S. The van der Waals surface area contributed by atoms with E-state index >= 15 is 0 Å².